The summed E-state index contributed by atoms with van der Waals surface area (Å²) in [7, 11) is 0. The summed E-state index contributed by atoms with van der Waals surface area (Å²) < 4.78 is 33.6. The van der Waals surface area contributed by atoms with Gasteiger partial charge in [0, 0.05) is 28.0 Å². The minimum atomic E-state index is -1.31. The SMILES string of the molecule is CCOC(=O)N(CCc1cccs1)CC1(O)CCC2c3ccc(cc3C(=O)c3ccc(F)c(F)c3)CC(O)CCC(C)=CCCC21C. The number of hydrogen-bond donors (Lipinski definition) is 2. The number of fused-ring (bicyclic) bond motifs is 8. The van der Waals surface area contributed by atoms with E-state index in [2.05, 4.69) is 13.0 Å². The van der Waals surface area contributed by atoms with Crippen molar-refractivity contribution in [3.63, 3.8) is 0 Å². The van der Waals surface area contributed by atoms with Crippen LogP contribution >= 0.6 is 11.3 Å². The van der Waals surface area contributed by atoms with E-state index in [-0.39, 0.29) is 24.6 Å². The molecule has 1 amide bonds. The Kier molecular flexibility index (Phi) is 11.0. The number of thiophene rings is 1. The van der Waals surface area contributed by atoms with E-state index < -0.39 is 40.6 Å². The van der Waals surface area contributed by atoms with Gasteiger partial charge >= 0.3 is 6.09 Å². The van der Waals surface area contributed by atoms with E-state index in [1.54, 1.807) is 29.2 Å². The van der Waals surface area contributed by atoms with Gasteiger partial charge in [-0.15, -0.1) is 11.3 Å². The average Bonchev–Trinajstić information content (AvgIpc) is 3.65. The van der Waals surface area contributed by atoms with Crippen molar-refractivity contribution in [2.45, 2.75) is 89.8 Å². The van der Waals surface area contributed by atoms with Gasteiger partial charge in [0.05, 0.1) is 24.9 Å². The second-order valence-electron chi connectivity index (χ2n) is 13.4. The summed E-state index contributed by atoms with van der Waals surface area (Å²) in [4.78, 5) is 30.1. The first kappa shape index (κ1) is 34.9. The zero-order chi connectivity index (χ0) is 33.8. The number of allylic oxidation sites excluding steroid dienone is 2. The van der Waals surface area contributed by atoms with Gasteiger partial charge in [0.1, 0.15) is 0 Å². The van der Waals surface area contributed by atoms with Crippen LogP contribution in [0.25, 0.3) is 0 Å². The number of nitrogens with zero attached hydrogens (tertiary/aromatic N) is 1. The number of rotatable bonds is 8. The Balaban J connectivity index is 1.58. The number of ether oxygens (including phenoxy) is 1. The molecule has 4 atom stereocenters. The van der Waals surface area contributed by atoms with Crippen LogP contribution in [-0.4, -0.2) is 58.4 Å². The van der Waals surface area contributed by atoms with E-state index in [4.69, 9.17) is 4.74 Å². The summed E-state index contributed by atoms with van der Waals surface area (Å²) >= 11 is 1.62. The molecule has 1 fully saturated rings. The van der Waals surface area contributed by atoms with Gasteiger partial charge in [-0.25, -0.2) is 13.6 Å². The smallest absolute Gasteiger partial charge is 0.409 e. The second kappa shape index (κ2) is 14.8. The first-order valence-corrected chi connectivity index (χ1v) is 17.4. The van der Waals surface area contributed by atoms with Crippen molar-refractivity contribution in [3.05, 3.63) is 104 Å². The van der Waals surface area contributed by atoms with E-state index in [1.807, 2.05) is 36.6 Å². The topological polar surface area (TPSA) is 87.1 Å². The number of ketones is 1. The molecule has 3 aliphatic rings. The van der Waals surface area contributed by atoms with Crippen molar-refractivity contribution in [2.24, 2.45) is 5.41 Å². The number of amides is 1. The molecule has 2 bridgehead atoms. The molecule has 47 heavy (non-hydrogen) atoms. The summed E-state index contributed by atoms with van der Waals surface area (Å²) in [6, 6.07) is 12.7. The number of hydrogen-bond acceptors (Lipinski definition) is 6. The highest BCUT2D eigenvalue weighted by atomic mass is 32.1. The fourth-order valence-electron chi connectivity index (χ4n) is 7.45. The monoisotopic (exact) mass is 665 g/mol. The van der Waals surface area contributed by atoms with E-state index in [1.165, 1.54) is 6.07 Å². The molecule has 6 rings (SSSR count). The van der Waals surface area contributed by atoms with Gasteiger partial charge in [0.2, 0.25) is 0 Å². The number of benzene rings is 2. The predicted octanol–water partition coefficient (Wildman–Crippen LogP) is 8.00. The lowest BCUT2D eigenvalue weighted by Crippen LogP contribution is -2.54. The molecule has 1 heterocycles. The van der Waals surface area contributed by atoms with Crippen LogP contribution < -0.4 is 0 Å². The van der Waals surface area contributed by atoms with Gasteiger partial charge < -0.3 is 19.8 Å². The Morgan fingerprint density at radius 1 is 1.09 bits per heavy atom. The minimum Gasteiger partial charge on any atom is -0.450 e. The van der Waals surface area contributed by atoms with Crippen molar-refractivity contribution in [1.82, 2.24) is 4.90 Å². The Morgan fingerprint density at radius 3 is 2.62 bits per heavy atom. The largest absolute Gasteiger partial charge is 0.450 e. The predicted molar refractivity (Wildman–Crippen MR) is 180 cm³/mol. The van der Waals surface area contributed by atoms with Crippen LogP contribution in [-0.2, 0) is 17.6 Å². The minimum absolute atomic E-state index is 0.0274. The van der Waals surface area contributed by atoms with E-state index in [9.17, 15) is 28.6 Å². The lowest BCUT2D eigenvalue weighted by molar-refractivity contribution is -0.0807. The zero-order valence-corrected chi connectivity index (χ0v) is 28.3. The van der Waals surface area contributed by atoms with Crippen molar-refractivity contribution >= 4 is 23.2 Å². The number of carbonyl (C=O) groups excluding carboxylic acids is 2. The van der Waals surface area contributed by atoms with Crippen LogP contribution in [0.4, 0.5) is 13.6 Å². The number of halogens is 2. The van der Waals surface area contributed by atoms with Crippen LogP contribution in [0.5, 0.6) is 0 Å². The zero-order valence-electron chi connectivity index (χ0n) is 27.4. The van der Waals surface area contributed by atoms with Gasteiger partial charge in [0.25, 0.3) is 0 Å². The molecule has 3 aliphatic carbocycles. The summed E-state index contributed by atoms with van der Waals surface area (Å²) in [5.41, 5.74) is 0.944. The summed E-state index contributed by atoms with van der Waals surface area (Å²) in [6.45, 7) is 6.54. The molecule has 1 aromatic heterocycles. The third-order valence-corrected chi connectivity index (χ3v) is 11.2. The molecule has 0 aliphatic heterocycles. The van der Waals surface area contributed by atoms with Crippen molar-refractivity contribution in [1.29, 1.82) is 0 Å². The highest BCUT2D eigenvalue weighted by molar-refractivity contribution is 7.09. The van der Waals surface area contributed by atoms with Gasteiger partial charge in [-0.3, -0.25) is 4.79 Å². The number of carbonyl (C=O) groups is 2. The van der Waals surface area contributed by atoms with Crippen LogP contribution in [0.1, 0.15) is 97.1 Å². The molecule has 0 radical (unpaired) electrons. The molecule has 252 valence electrons. The fraction of sp³-hybridized carbons (Fsp3) is 0.474. The maximum Gasteiger partial charge on any atom is 0.409 e. The molecule has 6 nitrogen and oxygen atoms in total. The maximum absolute atomic E-state index is 14.3. The van der Waals surface area contributed by atoms with E-state index >= 15 is 0 Å². The van der Waals surface area contributed by atoms with Crippen LogP contribution in [0.15, 0.2) is 65.6 Å². The lowest BCUT2D eigenvalue weighted by atomic mass is 9.64. The highest BCUT2D eigenvalue weighted by Crippen LogP contribution is 2.59. The van der Waals surface area contributed by atoms with Crippen LogP contribution in [0.2, 0.25) is 0 Å². The normalized spacial score (nSPS) is 24.7. The highest BCUT2D eigenvalue weighted by Gasteiger charge is 2.57. The van der Waals surface area contributed by atoms with Gasteiger partial charge in [-0.05, 0) is 118 Å². The summed E-state index contributed by atoms with van der Waals surface area (Å²) in [5, 5.41) is 25.5. The van der Waals surface area contributed by atoms with Crippen molar-refractivity contribution < 1.29 is 33.3 Å². The molecule has 0 saturated heterocycles. The fourth-order valence-corrected chi connectivity index (χ4v) is 8.15. The quantitative estimate of drug-likeness (QED) is 0.188. The van der Waals surface area contributed by atoms with E-state index in [0.29, 0.717) is 63.5 Å². The Hall–Kier alpha value is -3.40. The van der Waals surface area contributed by atoms with Crippen molar-refractivity contribution in [2.75, 3.05) is 19.7 Å². The molecule has 9 heteroatoms. The first-order chi connectivity index (χ1) is 22.4. The Bertz CT molecular complexity index is 1610. The first-order valence-electron chi connectivity index (χ1n) is 16.6. The third-order valence-electron chi connectivity index (χ3n) is 10.3. The second-order valence-corrected chi connectivity index (χ2v) is 14.4. The molecule has 4 unspecified atom stereocenters. The van der Waals surface area contributed by atoms with Crippen LogP contribution in [0.3, 0.4) is 0 Å². The van der Waals surface area contributed by atoms with Gasteiger partial charge in [0.15, 0.2) is 17.4 Å². The van der Waals surface area contributed by atoms with Crippen LogP contribution in [0, 0.1) is 17.0 Å². The molecule has 0 spiro atoms. The summed E-state index contributed by atoms with van der Waals surface area (Å²) in [6.07, 6.45) is 5.51. The maximum atomic E-state index is 14.3. The summed E-state index contributed by atoms with van der Waals surface area (Å²) in [5.74, 6) is -2.86. The molecular formula is C38H45F2NO5S. The number of aliphatic hydroxyl groups excluding tert-OH is 1. The Morgan fingerprint density at radius 2 is 1.89 bits per heavy atom. The molecule has 2 aromatic carbocycles. The molecule has 2 N–H and O–H groups in total. The molecule has 1 saturated carbocycles. The lowest BCUT2D eigenvalue weighted by Gasteiger charge is -2.46. The van der Waals surface area contributed by atoms with Gasteiger partial charge in [-0.1, -0.05) is 36.8 Å². The average molecular weight is 666 g/mol. The van der Waals surface area contributed by atoms with Gasteiger partial charge in [-0.2, -0.15) is 0 Å². The standard InChI is InChI=1S/C38H45F2NO5S/c1-4-46-36(44)41(19-16-29-8-6-20-47-29)24-38(45)18-15-32-30-13-10-26(21-28(42)12-9-25(2)7-5-17-37(32,38)3)22-31(30)35(43)27-11-14-33(39)34(40)23-27/h6-8,10-11,13-14,20,22-23,28,32,42,45H,4-5,9,12,15-19,21,24H2,1-3H3. The third kappa shape index (κ3) is 7.68. The van der Waals surface area contributed by atoms with E-state index in [0.717, 1.165) is 33.7 Å². The molecular weight excluding hydrogens is 620 g/mol. The van der Waals surface area contributed by atoms with Crippen molar-refractivity contribution in [3.8, 4) is 0 Å². The number of aliphatic hydroxyl groups is 2. The molecule has 3 aromatic rings. The Labute approximate surface area is 280 Å².